The van der Waals surface area contributed by atoms with Crippen molar-refractivity contribution in [1.29, 1.82) is 0 Å². The number of hydrogen-bond acceptors (Lipinski definition) is 5. The fraction of sp³-hybridized carbons (Fsp3) is 0.552. The first-order valence-corrected chi connectivity index (χ1v) is 14.3. The van der Waals surface area contributed by atoms with Gasteiger partial charge in [0, 0.05) is 35.9 Å². The molecule has 3 aromatic heterocycles. The van der Waals surface area contributed by atoms with Gasteiger partial charge in [0.25, 0.3) is 5.91 Å². The Morgan fingerprint density at radius 1 is 1.08 bits per heavy atom. The third-order valence-corrected chi connectivity index (χ3v) is 8.73. The lowest BCUT2D eigenvalue weighted by atomic mass is 9.79. The van der Waals surface area contributed by atoms with Crippen molar-refractivity contribution in [2.45, 2.75) is 83.6 Å². The van der Waals surface area contributed by atoms with Crippen LogP contribution in [0.5, 0.6) is 0 Å². The van der Waals surface area contributed by atoms with Crippen LogP contribution in [0.1, 0.15) is 98.2 Å². The van der Waals surface area contributed by atoms with Crippen LogP contribution < -0.4 is 5.32 Å². The fourth-order valence-corrected chi connectivity index (χ4v) is 6.73. The lowest BCUT2D eigenvalue weighted by Gasteiger charge is -2.39. The summed E-state index contributed by atoms with van der Waals surface area (Å²) in [5, 5.41) is 17.8. The maximum atomic E-state index is 13.6. The predicted molar refractivity (Wildman–Crippen MR) is 144 cm³/mol. The van der Waals surface area contributed by atoms with Crippen LogP contribution in [0, 0.1) is 11.8 Å². The molecule has 6 rings (SSSR count). The monoisotopic (exact) mass is 515 g/mol. The quantitative estimate of drug-likeness (QED) is 0.416. The van der Waals surface area contributed by atoms with Crippen LogP contribution in [0.4, 0.5) is 5.82 Å². The predicted octanol–water partition coefficient (Wildman–Crippen LogP) is 5.21. The molecule has 0 aromatic carbocycles. The second kappa shape index (κ2) is 10.7. The Kier molecular flexibility index (Phi) is 7.00. The van der Waals surface area contributed by atoms with Gasteiger partial charge in [-0.15, -0.1) is 0 Å². The Morgan fingerprint density at radius 2 is 1.95 bits per heavy atom. The largest absolute Gasteiger partial charge is 0.334 e. The Morgan fingerprint density at radius 3 is 2.79 bits per heavy atom. The highest BCUT2D eigenvalue weighted by Gasteiger charge is 2.35. The second-order valence-corrected chi connectivity index (χ2v) is 11.1. The lowest BCUT2D eigenvalue weighted by Crippen LogP contribution is -2.43. The number of aromatic amines is 2. The number of pyridine rings is 1. The van der Waals surface area contributed by atoms with Gasteiger partial charge in [-0.3, -0.25) is 24.8 Å². The number of aromatic nitrogens is 5. The molecule has 3 N–H and O–H groups in total. The number of carbonyl (C=O) groups excluding carboxylic acids is 2. The van der Waals surface area contributed by atoms with Crippen LogP contribution in [0.15, 0.2) is 24.4 Å². The molecule has 200 valence electrons. The van der Waals surface area contributed by atoms with Gasteiger partial charge in [0.1, 0.15) is 5.69 Å². The van der Waals surface area contributed by atoms with Crippen molar-refractivity contribution in [2.75, 3.05) is 11.9 Å². The number of nitrogens with zero attached hydrogens (tertiary/aromatic N) is 4. The number of amides is 2. The summed E-state index contributed by atoms with van der Waals surface area (Å²) in [6.07, 6.45) is 13.2. The van der Waals surface area contributed by atoms with Crippen LogP contribution >= 0.6 is 0 Å². The molecule has 38 heavy (non-hydrogen) atoms. The molecule has 1 unspecified atom stereocenters. The van der Waals surface area contributed by atoms with Crippen molar-refractivity contribution in [3.05, 3.63) is 47.0 Å². The molecule has 9 heteroatoms. The first-order chi connectivity index (χ1) is 18.6. The van der Waals surface area contributed by atoms with Crippen molar-refractivity contribution >= 4 is 17.6 Å². The van der Waals surface area contributed by atoms with E-state index in [0.717, 1.165) is 79.2 Å². The van der Waals surface area contributed by atoms with Crippen LogP contribution in [-0.4, -0.2) is 48.6 Å². The molecule has 1 saturated heterocycles. The van der Waals surface area contributed by atoms with Gasteiger partial charge in [-0.2, -0.15) is 10.2 Å². The maximum Gasteiger partial charge on any atom is 0.275 e. The summed E-state index contributed by atoms with van der Waals surface area (Å²) in [7, 11) is 0. The molecule has 0 bridgehead atoms. The van der Waals surface area contributed by atoms with Gasteiger partial charge in [-0.1, -0.05) is 19.8 Å². The van der Waals surface area contributed by atoms with Crippen molar-refractivity contribution in [1.82, 2.24) is 30.3 Å². The van der Waals surface area contributed by atoms with E-state index in [2.05, 4.69) is 42.5 Å². The number of rotatable bonds is 6. The molecule has 1 atom stereocenters. The normalized spacial score (nSPS) is 23.0. The molecule has 1 saturated carbocycles. The highest BCUT2D eigenvalue weighted by Crippen LogP contribution is 2.37. The van der Waals surface area contributed by atoms with Gasteiger partial charge in [0.15, 0.2) is 5.82 Å². The smallest absolute Gasteiger partial charge is 0.275 e. The van der Waals surface area contributed by atoms with Crippen LogP contribution in [0.3, 0.4) is 0 Å². The van der Waals surface area contributed by atoms with Gasteiger partial charge in [-0.05, 0) is 75.8 Å². The Balaban J connectivity index is 1.14. The van der Waals surface area contributed by atoms with E-state index >= 15 is 0 Å². The molecule has 4 heterocycles. The minimum absolute atomic E-state index is 0.0216. The molecule has 2 amide bonds. The number of piperidine rings is 1. The molecule has 0 spiro atoms. The van der Waals surface area contributed by atoms with Crippen LogP contribution in [-0.2, 0) is 17.6 Å². The van der Waals surface area contributed by atoms with E-state index in [0.29, 0.717) is 23.8 Å². The standard InChI is InChI=1S/C29H37N7O2/c1-2-6-18-9-11-19(12-10-18)29(38)36-16-4-3-8-24(36)23-17-25(33-32-23)31-28(37)27-21-13-14-22-20(7-5-15-30-22)26(21)34-35-27/h5,7,15,17-19,24H,2-4,6,8-14,16H2,1H3,(H,34,35)(H2,31,32,33,37). The summed E-state index contributed by atoms with van der Waals surface area (Å²) in [4.78, 5) is 33.3. The fourth-order valence-electron chi connectivity index (χ4n) is 6.73. The zero-order valence-electron chi connectivity index (χ0n) is 22.1. The van der Waals surface area contributed by atoms with Gasteiger partial charge >= 0.3 is 0 Å². The average Bonchev–Trinajstić information content (AvgIpc) is 3.61. The highest BCUT2D eigenvalue weighted by atomic mass is 16.2. The van der Waals surface area contributed by atoms with Crippen molar-refractivity contribution < 1.29 is 9.59 Å². The van der Waals surface area contributed by atoms with E-state index in [1.807, 2.05) is 18.2 Å². The summed E-state index contributed by atoms with van der Waals surface area (Å²) in [6.45, 7) is 3.03. The molecule has 2 fully saturated rings. The lowest BCUT2D eigenvalue weighted by molar-refractivity contribution is -0.141. The van der Waals surface area contributed by atoms with Crippen LogP contribution in [0.25, 0.3) is 11.3 Å². The van der Waals surface area contributed by atoms with Crippen molar-refractivity contribution in [3.63, 3.8) is 0 Å². The first-order valence-electron chi connectivity index (χ1n) is 14.3. The third kappa shape index (κ3) is 4.74. The van der Waals surface area contributed by atoms with Gasteiger partial charge in [-0.25, -0.2) is 0 Å². The minimum atomic E-state index is -0.260. The number of aryl methyl sites for hydroxylation is 1. The first kappa shape index (κ1) is 24.8. The van der Waals surface area contributed by atoms with E-state index in [4.69, 9.17) is 0 Å². The summed E-state index contributed by atoms with van der Waals surface area (Å²) < 4.78 is 0. The number of fused-ring (bicyclic) bond motifs is 3. The Hall–Kier alpha value is -3.49. The zero-order chi connectivity index (χ0) is 26.1. The topological polar surface area (TPSA) is 120 Å². The van der Waals surface area contributed by atoms with Crippen LogP contribution in [0.2, 0.25) is 0 Å². The van der Waals surface area contributed by atoms with Crippen molar-refractivity contribution in [2.24, 2.45) is 11.8 Å². The molecule has 0 radical (unpaired) electrons. The Bertz CT molecular complexity index is 1300. The molecule has 3 aliphatic rings. The molecular formula is C29H37N7O2. The SMILES string of the molecule is CCCC1CCC(C(=O)N2CCCCC2c2cc(NC(=O)c3[nH]nc4c3CCc3ncccc3-4)n[nH]2)CC1. The summed E-state index contributed by atoms with van der Waals surface area (Å²) in [5.41, 5.74) is 5.05. The molecule has 9 nitrogen and oxygen atoms in total. The molecular weight excluding hydrogens is 478 g/mol. The Labute approximate surface area is 223 Å². The molecule has 1 aliphatic heterocycles. The summed E-state index contributed by atoms with van der Waals surface area (Å²) in [5.74, 6) is 1.42. The highest BCUT2D eigenvalue weighted by molar-refractivity contribution is 6.04. The maximum absolute atomic E-state index is 13.6. The van der Waals surface area contributed by atoms with Gasteiger partial charge in [0.05, 0.1) is 23.1 Å². The number of carbonyl (C=O) groups is 2. The van der Waals surface area contributed by atoms with E-state index in [1.54, 1.807) is 6.20 Å². The minimum Gasteiger partial charge on any atom is -0.334 e. The van der Waals surface area contributed by atoms with Gasteiger partial charge in [0.2, 0.25) is 5.91 Å². The van der Waals surface area contributed by atoms with E-state index in [-0.39, 0.29) is 17.9 Å². The van der Waals surface area contributed by atoms with E-state index in [1.165, 1.54) is 25.7 Å². The van der Waals surface area contributed by atoms with Crippen molar-refractivity contribution in [3.8, 4) is 11.3 Å². The number of nitrogens with one attached hydrogen (secondary N) is 3. The number of likely N-dealkylation sites (tertiary alicyclic amines) is 1. The molecule has 3 aromatic rings. The van der Waals surface area contributed by atoms with E-state index in [9.17, 15) is 9.59 Å². The van der Waals surface area contributed by atoms with Gasteiger partial charge < -0.3 is 10.2 Å². The number of H-pyrrole nitrogens is 2. The average molecular weight is 516 g/mol. The van der Waals surface area contributed by atoms with E-state index < -0.39 is 0 Å². The molecule has 2 aliphatic carbocycles. The zero-order valence-corrected chi connectivity index (χ0v) is 22.1. The third-order valence-electron chi connectivity index (χ3n) is 8.73. The summed E-state index contributed by atoms with van der Waals surface area (Å²) in [6, 6.07) is 5.75. The second-order valence-electron chi connectivity index (χ2n) is 11.1. The summed E-state index contributed by atoms with van der Waals surface area (Å²) >= 11 is 0. The number of anilines is 1. The number of hydrogen-bond donors (Lipinski definition) is 3.